The molecule has 1 aliphatic carbocycles. The molecule has 3 aromatic rings. The molecule has 0 spiro atoms. The van der Waals surface area contributed by atoms with Crippen molar-refractivity contribution in [1.29, 1.82) is 0 Å². The Morgan fingerprint density at radius 2 is 1.81 bits per heavy atom. The first-order valence-electron chi connectivity index (χ1n) is 11.8. The predicted molar refractivity (Wildman–Crippen MR) is 125 cm³/mol. The van der Waals surface area contributed by atoms with Gasteiger partial charge in [0.15, 0.2) is 0 Å². The zero-order valence-electron chi connectivity index (χ0n) is 18.7. The fourth-order valence-corrected chi connectivity index (χ4v) is 5.49. The summed E-state index contributed by atoms with van der Waals surface area (Å²) in [4.78, 5) is 26.0. The van der Waals surface area contributed by atoms with E-state index in [0.717, 1.165) is 60.8 Å². The number of amides is 1. The summed E-state index contributed by atoms with van der Waals surface area (Å²) in [6.07, 6.45) is 7.37. The first-order valence-corrected chi connectivity index (χ1v) is 11.8. The van der Waals surface area contributed by atoms with E-state index in [4.69, 9.17) is 4.98 Å². The summed E-state index contributed by atoms with van der Waals surface area (Å²) < 4.78 is 2.44. The third-order valence-electron chi connectivity index (χ3n) is 7.11. The van der Waals surface area contributed by atoms with E-state index in [-0.39, 0.29) is 5.91 Å². The van der Waals surface area contributed by atoms with E-state index < -0.39 is 0 Å². The maximum absolute atomic E-state index is 13.5. The second-order valence-corrected chi connectivity index (χ2v) is 9.16. The Balaban J connectivity index is 1.31. The lowest BCUT2D eigenvalue weighted by atomic mass is 9.95. The van der Waals surface area contributed by atoms with Crippen LogP contribution in [-0.4, -0.2) is 51.5 Å². The average molecular weight is 420 g/mol. The molecule has 1 saturated heterocycles. The van der Waals surface area contributed by atoms with Crippen molar-refractivity contribution in [1.82, 2.24) is 19.4 Å². The standard InChI is InChI=1S/C25H33N5O/c1-18-17-21(19(2)30(18)20-9-4-3-5-10-20)24(31)28-13-8-14-29(16-15-28)25-26-22-11-6-7-12-23(22)27-25/h6-7,11-12,17,20H,3-5,8-10,13-16H2,1-2H3,(H,26,27). The van der Waals surface area contributed by atoms with Crippen molar-refractivity contribution < 1.29 is 4.79 Å². The van der Waals surface area contributed by atoms with Gasteiger partial charge in [-0.05, 0) is 51.3 Å². The number of H-pyrrole nitrogens is 1. The lowest BCUT2D eigenvalue weighted by Crippen LogP contribution is -2.35. The van der Waals surface area contributed by atoms with Crippen LogP contribution in [0.5, 0.6) is 0 Å². The molecule has 1 N–H and O–H groups in total. The van der Waals surface area contributed by atoms with Crippen molar-refractivity contribution in [3.8, 4) is 0 Å². The number of carbonyl (C=O) groups excluding carboxylic acids is 1. The van der Waals surface area contributed by atoms with Crippen LogP contribution >= 0.6 is 0 Å². The predicted octanol–water partition coefficient (Wildman–Crippen LogP) is 4.84. The molecule has 164 valence electrons. The normalized spacial score (nSPS) is 18.5. The molecule has 6 nitrogen and oxygen atoms in total. The minimum atomic E-state index is 0.182. The fourth-order valence-electron chi connectivity index (χ4n) is 5.49. The number of hydrogen-bond donors (Lipinski definition) is 1. The lowest BCUT2D eigenvalue weighted by molar-refractivity contribution is 0.0766. The molecular formula is C25H33N5O. The maximum atomic E-state index is 13.5. The van der Waals surface area contributed by atoms with Gasteiger partial charge in [0.2, 0.25) is 5.95 Å². The van der Waals surface area contributed by atoms with E-state index >= 15 is 0 Å². The molecule has 1 saturated carbocycles. The summed E-state index contributed by atoms with van der Waals surface area (Å²) in [5.41, 5.74) is 5.31. The molecule has 3 heterocycles. The molecule has 1 aliphatic heterocycles. The van der Waals surface area contributed by atoms with Crippen LogP contribution in [0.1, 0.15) is 66.3 Å². The van der Waals surface area contributed by atoms with Gasteiger partial charge in [0.1, 0.15) is 0 Å². The Hall–Kier alpha value is -2.76. The number of hydrogen-bond acceptors (Lipinski definition) is 3. The number of nitrogens with zero attached hydrogens (tertiary/aromatic N) is 4. The average Bonchev–Trinajstić information content (AvgIpc) is 3.24. The number of imidazole rings is 1. The van der Waals surface area contributed by atoms with Gasteiger partial charge >= 0.3 is 0 Å². The third-order valence-corrected chi connectivity index (χ3v) is 7.11. The number of benzene rings is 1. The molecule has 5 rings (SSSR count). The Morgan fingerprint density at radius 1 is 1.00 bits per heavy atom. The first kappa shape index (κ1) is 20.2. The van der Waals surface area contributed by atoms with Crippen LogP contribution in [0.4, 0.5) is 5.95 Å². The van der Waals surface area contributed by atoms with Gasteiger partial charge in [-0.2, -0.15) is 0 Å². The zero-order chi connectivity index (χ0) is 21.4. The van der Waals surface area contributed by atoms with Gasteiger partial charge < -0.3 is 19.4 Å². The summed E-state index contributed by atoms with van der Waals surface area (Å²) in [5, 5.41) is 0. The number of rotatable bonds is 3. The summed E-state index contributed by atoms with van der Waals surface area (Å²) in [6, 6.07) is 10.8. The molecule has 2 aromatic heterocycles. The molecule has 6 heteroatoms. The molecule has 0 unspecified atom stereocenters. The molecule has 0 bridgehead atoms. The molecule has 1 amide bonds. The molecule has 0 atom stereocenters. The summed E-state index contributed by atoms with van der Waals surface area (Å²) in [7, 11) is 0. The van der Waals surface area contributed by atoms with Gasteiger partial charge in [0, 0.05) is 43.6 Å². The molecule has 2 fully saturated rings. The number of para-hydroxylation sites is 2. The Labute approximate surface area is 184 Å². The van der Waals surface area contributed by atoms with Gasteiger partial charge in [-0.1, -0.05) is 31.4 Å². The number of aryl methyl sites for hydroxylation is 1. The second-order valence-electron chi connectivity index (χ2n) is 9.16. The summed E-state index contributed by atoms with van der Waals surface area (Å²) in [6.45, 7) is 7.51. The van der Waals surface area contributed by atoms with Gasteiger partial charge in [-0.25, -0.2) is 4.98 Å². The fraction of sp³-hybridized carbons (Fsp3) is 0.520. The van der Waals surface area contributed by atoms with E-state index in [1.165, 1.54) is 37.8 Å². The summed E-state index contributed by atoms with van der Waals surface area (Å²) in [5.74, 6) is 1.09. The van der Waals surface area contributed by atoms with E-state index in [2.05, 4.69) is 40.4 Å². The van der Waals surface area contributed by atoms with E-state index in [1.54, 1.807) is 0 Å². The van der Waals surface area contributed by atoms with E-state index in [9.17, 15) is 4.79 Å². The van der Waals surface area contributed by atoms with Crippen molar-refractivity contribution in [2.24, 2.45) is 0 Å². The van der Waals surface area contributed by atoms with Crippen LogP contribution in [0.2, 0.25) is 0 Å². The highest BCUT2D eigenvalue weighted by Crippen LogP contribution is 2.32. The quantitative estimate of drug-likeness (QED) is 0.661. The largest absolute Gasteiger partial charge is 0.345 e. The highest BCUT2D eigenvalue weighted by atomic mass is 16.2. The third kappa shape index (κ3) is 3.84. The van der Waals surface area contributed by atoms with Crippen molar-refractivity contribution in [2.45, 2.75) is 58.4 Å². The number of aromatic nitrogens is 3. The molecule has 31 heavy (non-hydrogen) atoms. The number of carbonyl (C=O) groups is 1. The number of anilines is 1. The Bertz CT molecular complexity index is 1040. The Kier molecular flexibility index (Phi) is 5.47. The van der Waals surface area contributed by atoms with Crippen LogP contribution in [0.25, 0.3) is 11.0 Å². The topological polar surface area (TPSA) is 57.2 Å². The highest BCUT2D eigenvalue weighted by molar-refractivity contribution is 5.95. The van der Waals surface area contributed by atoms with Gasteiger partial charge in [0.25, 0.3) is 5.91 Å². The second kappa shape index (κ2) is 8.40. The van der Waals surface area contributed by atoms with Crippen LogP contribution < -0.4 is 4.90 Å². The van der Waals surface area contributed by atoms with Crippen LogP contribution in [0.15, 0.2) is 30.3 Å². The lowest BCUT2D eigenvalue weighted by Gasteiger charge is -2.27. The van der Waals surface area contributed by atoms with Gasteiger partial charge in [0.05, 0.1) is 16.6 Å². The SMILES string of the molecule is Cc1cc(C(=O)N2CCCN(c3nc4ccccc4[nH]3)CC2)c(C)n1C1CCCCC1. The Morgan fingerprint density at radius 3 is 2.61 bits per heavy atom. The van der Waals surface area contributed by atoms with Gasteiger partial charge in [-0.15, -0.1) is 0 Å². The molecule has 2 aliphatic rings. The van der Waals surface area contributed by atoms with Crippen molar-refractivity contribution >= 4 is 22.9 Å². The number of aromatic amines is 1. The van der Waals surface area contributed by atoms with Crippen molar-refractivity contribution in [3.63, 3.8) is 0 Å². The van der Waals surface area contributed by atoms with Crippen LogP contribution in [0.3, 0.4) is 0 Å². The maximum Gasteiger partial charge on any atom is 0.255 e. The minimum Gasteiger partial charge on any atom is -0.345 e. The van der Waals surface area contributed by atoms with Crippen molar-refractivity contribution in [2.75, 3.05) is 31.1 Å². The molecule has 0 radical (unpaired) electrons. The zero-order valence-corrected chi connectivity index (χ0v) is 18.7. The molecule has 1 aromatic carbocycles. The summed E-state index contributed by atoms with van der Waals surface area (Å²) >= 11 is 0. The minimum absolute atomic E-state index is 0.182. The van der Waals surface area contributed by atoms with Crippen molar-refractivity contribution in [3.05, 3.63) is 47.3 Å². The smallest absolute Gasteiger partial charge is 0.255 e. The number of nitrogens with one attached hydrogen (secondary N) is 1. The monoisotopic (exact) mass is 419 g/mol. The van der Waals surface area contributed by atoms with E-state index in [1.807, 2.05) is 23.1 Å². The van der Waals surface area contributed by atoms with E-state index in [0.29, 0.717) is 6.04 Å². The highest BCUT2D eigenvalue weighted by Gasteiger charge is 2.27. The first-order chi connectivity index (χ1) is 15.1. The van der Waals surface area contributed by atoms with Gasteiger partial charge in [-0.3, -0.25) is 4.79 Å². The number of fused-ring (bicyclic) bond motifs is 1. The van der Waals surface area contributed by atoms with Crippen LogP contribution in [0, 0.1) is 13.8 Å². The molecular weight excluding hydrogens is 386 g/mol. The van der Waals surface area contributed by atoms with Crippen LogP contribution in [-0.2, 0) is 0 Å².